The summed E-state index contributed by atoms with van der Waals surface area (Å²) in [5.74, 6) is 1.89. The Kier molecular flexibility index (Phi) is 6.83. The number of hydrogen-bond acceptors (Lipinski definition) is 6. The van der Waals surface area contributed by atoms with Gasteiger partial charge in [0.25, 0.3) is 0 Å². The summed E-state index contributed by atoms with van der Waals surface area (Å²) < 4.78 is 25.6. The fourth-order valence-electron chi connectivity index (χ4n) is 5.65. The van der Waals surface area contributed by atoms with Gasteiger partial charge in [-0.15, -0.1) is 0 Å². The minimum absolute atomic E-state index is 0.620. The second-order valence-electron chi connectivity index (χ2n) is 11.0. The first-order chi connectivity index (χ1) is 22.1. The van der Waals surface area contributed by atoms with E-state index in [-0.39, 0.29) is 0 Å². The predicted octanol–water partition coefficient (Wildman–Crippen LogP) is 9.49. The summed E-state index contributed by atoms with van der Waals surface area (Å²) in [5.41, 5.74) is 7.28. The van der Waals surface area contributed by atoms with Crippen molar-refractivity contribution in [2.24, 2.45) is 0 Å². The summed E-state index contributed by atoms with van der Waals surface area (Å²) in [6.07, 6.45) is 0. The van der Waals surface area contributed by atoms with Crippen LogP contribution in [-0.4, -0.2) is 25.1 Å². The van der Waals surface area contributed by atoms with Crippen molar-refractivity contribution in [3.8, 4) is 28.4 Å². The van der Waals surface area contributed by atoms with E-state index in [1.807, 2.05) is 111 Å². The molecule has 216 valence electrons. The molecule has 0 fully saturated rings. The summed E-state index contributed by atoms with van der Waals surface area (Å²) in [6.45, 7) is 3.94. The molecule has 0 aliphatic heterocycles. The fourth-order valence-corrected chi connectivity index (χ4v) is 6.97. The average Bonchev–Trinajstić information content (AvgIpc) is 3.44. The molecule has 45 heavy (non-hydrogen) atoms. The van der Waals surface area contributed by atoms with Gasteiger partial charge in [-0.25, -0.2) is 9.97 Å². The van der Waals surface area contributed by atoms with Crippen molar-refractivity contribution in [1.29, 1.82) is 0 Å². The van der Waals surface area contributed by atoms with Gasteiger partial charge in [-0.2, -0.15) is 0 Å². The van der Waals surface area contributed by atoms with E-state index >= 15 is 0 Å². The number of hydrogen-bond donors (Lipinski definition) is 0. The van der Waals surface area contributed by atoms with Crippen LogP contribution in [-0.2, 0) is 0 Å². The minimum atomic E-state index is -2.90. The van der Waals surface area contributed by atoms with Gasteiger partial charge < -0.3 is 15.8 Å². The van der Waals surface area contributed by atoms with Gasteiger partial charge >= 0.3 is 15.1 Å². The number of benzene rings is 5. The second-order valence-corrected chi connectivity index (χ2v) is 12.3. The first kappa shape index (κ1) is 27.2. The van der Waals surface area contributed by atoms with Gasteiger partial charge in [0.1, 0.15) is 33.7 Å². The van der Waals surface area contributed by atoms with Crippen molar-refractivity contribution in [2.45, 2.75) is 13.8 Å². The lowest BCUT2D eigenvalue weighted by atomic mass is 10.0. The Bertz CT molecular complexity index is 2260. The minimum Gasteiger partial charge on any atom is -0.577 e. The highest BCUT2D eigenvalue weighted by molar-refractivity contribution is 6.40. The molecule has 0 radical (unpaired) electrons. The standard InChI is InChI=1S/C18H12O2.2C10H9NO.Al/c19-14-8-5-12(6-9-14)13-7-10-18-16(11-13)15-3-1-2-4-17(15)20-18;2*1-7-5-6-8-3-2-4-9(12)10(8)11-7;/h1-11,19H;2*2-6,12H,1H3;/q;;;+3/p-3. The lowest BCUT2D eigenvalue weighted by molar-refractivity contribution is 0.310. The van der Waals surface area contributed by atoms with Gasteiger partial charge in [0.2, 0.25) is 0 Å². The van der Waals surface area contributed by atoms with E-state index in [1.165, 1.54) is 0 Å². The molecule has 6 nitrogen and oxygen atoms in total. The van der Waals surface area contributed by atoms with Crippen LogP contribution in [0.15, 0.2) is 132 Å². The van der Waals surface area contributed by atoms with Gasteiger partial charge in [-0.1, -0.05) is 72.8 Å². The Hall–Kier alpha value is -5.35. The van der Waals surface area contributed by atoms with Crippen LogP contribution in [0.4, 0.5) is 0 Å². The molecule has 0 spiro atoms. The van der Waals surface area contributed by atoms with E-state index in [4.69, 9.17) is 25.8 Å². The number of rotatable bonds is 7. The van der Waals surface area contributed by atoms with Crippen molar-refractivity contribution in [3.05, 3.63) is 139 Å². The Morgan fingerprint density at radius 3 is 1.78 bits per heavy atom. The SMILES string of the molecule is Cc1ccc2cccc([O][Al]([O]c3ccc(-c4ccc5oc6ccccc6c5c4)cc3)[O]c3cccc4ccc(C)nc34)c2n1. The first-order valence-corrected chi connectivity index (χ1v) is 16.2. The zero-order chi connectivity index (χ0) is 30.3. The predicted molar refractivity (Wildman–Crippen MR) is 180 cm³/mol. The summed E-state index contributed by atoms with van der Waals surface area (Å²) >= 11 is -2.90. The molecule has 0 bridgehead atoms. The fraction of sp³-hybridized carbons (Fsp3) is 0.0526. The van der Waals surface area contributed by atoms with E-state index in [9.17, 15) is 0 Å². The second kappa shape index (κ2) is 11.3. The van der Waals surface area contributed by atoms with Crippen molar-refractivity contribution in [1.82, 2.24) is 9.97 Å². The van der Waals surface area contributed by atoms with Crippen LogP contribution in [0.2, 0.25) is 0 Å². The molecule has 7 heteroatoms. The molecule has 5 aromatic carbocycles. The number of para-hydroxylation sites is 3. The lowest BCUT2D eigenvalue weighted by Crippen LogP contribution is -2.37. The van der Waals surface area contributed by atoms with Crippen LogP contribution < -0.4 is 11.4 Å². The van der Waals surface area contributed by atoms with Crippen molar-refractivity contribution in [2.75, 3.05) is 0 Å². The van der Waals surface area contributed by atoms with Crippen LogP contribution in [0.3, 0.4) is 0 Å². The Morgan fingerprint density at radius 2 is 1.11 bits per heavy atom. The van der Waals surface area contributed by atoms with Crippen LogP contribution >= 0.6 is 0 Å². The normalized spacial score (nSPS) is 11.3. The monoisotopic (exact) mass is 602 g/mol. The van der Waals surface area contributed by atoms with Crippen LogP contribution in [0.1, 0.15) is 11.4 Å². The largest absolute Gasteiger partial charge is 1.20 e. The first-order valence-electron chi connectivity index (χ1n) is 14.8. The van der Waals surface area contributed by atoms with E-state index in [0.717, 1.165) is 66.3 Å². The molecular formula is C38H27AlN2O4. The zero-order valence-electron chi connectivity index (χ0n) is 24.7. The lowest BCUT2D eigenvalue weighted by Gasteiger charge is -2.18. The molecule has 0 aliphatic rings. The number of aromatic nitrogens is 2. The molecule has 0 saturated heterocycles. The molecule has 8 rings (SSSR count). The zero-order valence-corrected chi connectivity index (χ0v) is 25.9. The Balaban J connectivity index is 1.13. The van der Waals surface area contributed by atoms with Gasteiger partial charge in [0, 0.05) is 32.9 Å². The summed E-state index contributed by atoms with van der Waals surface area (Å²) in [6, 6.07) is 42.2. The molecule has 3 heterocycles. The maximum Gasteiger partial charge on any atom is 1.20 e. The average molecular weight is 603 g/mol. The van der Waals surface area contributed by atoms with E-state index < -0.39 is 15.1 Å². The van der Waals surface area contributed by atoms with Gasteiger partial charge in [0.15, 0.2) is 0 Å². The Labute approximate surface area is 264 Å². The van der Waals surface area contributed by atoms with E-state index in [0.29, 0.717) is 17.2 Å². The number of aryl methyl sites for hydroxylation is 2. The molecule has 3 aromatic heterocycles. The summed E-state index contributed by atoms with van der Waals surface area (Å²) in [4.78, 5) is 9.51. The number of fused-ring (bicyclic) bond motifs is 5. The van der Waals surface area contributed by atoms with Crippen molar-refractivity contribution in [3.63, 3.8) is 0 Å². The quantitative estimate of drug-likeness (QED) is 0.169. The summed E-state index contributed by atoms with van der Waals surface area (Å²) in [5, 5.41) is 4.17. The molecule has 0 aliphatic carbocycles. The summed E-state index contributed by atoms with van der Waals surface area (Å²) in [7, 11) is 0. The maximum absolute atomic E-state index is 6.56. The topological polar surface area (TPSA) is 66.6 Å². The van der Waals surface area contributed by atoms with Gasteiger partial charge in [-0.3, -0.25) is 0 Å². The third-order valence-corrected chi connectivity index (χ3v) is 9.25. The van der Waals surface area contributed by atoms with Crippen LogP contribution in [0.5, 0.6) is 17.2 Å². The van der Waals surface area contributed by atoms with Gasteiger partial charge in [-0.05, 0) is 79.6 Å². The van der Waals surface area contributed by atoms with Crippen LogP contribution in [0.25, 0.3) is 54.9 Å². The molecule has 0 amide bonds. The molecule has 0 saturated carbocycles. The van der Waals surface area contributed by atoms with Gasteiger partial charge in [0.05, 0.1) is 5.75 Å². The molecular weight excluding hydrogens is 575 g/mol. The molecule has 0 unspecified atom stereocenters. The number of nitrogens with zero attached hydrogens (tertiary/aromatic N) is 2. The highest BCUT2D eigenvalue weighted by Gasteiger charge is 2.45. The third-order valence-electron chi connectivity index (χ3n) is 7.89. The maximum atomic E-state index is 6.56. The van der Waals surface area contributed by atoms with Crippen molar-refractivity contribution >= 4 is 58.9 Å². The van der Waals surface area contributed by atoms with E-state index in [2.05, 4.69) is 30.3 Å². The Morgan fingerprint density at radius 1 is 0.511 bits per heavy atom. The molecule has 8 aromatic rings. The number of pyridine rings is 2. The molecule has 0 atom stereocenters. The van der Waals surface area contributed by atoms with E-state index in [1.54, 1.807) is 0 Å². The molecule has 0 N–H and O–H groups in total. The number of furan rings is 1. The van der Waals surface area contributed by atoms with Crippen LogP contribution in [0, 0.1) is 13.8 Å². The highest BCUT2D eigenvalue weighted by Crippen LogP contribution is 2.33. The van der Waals surface area contributed by atoms with Crippen molar-refractivity contribution < 1.29 is 15.8 Å². The highest BCUT2D eigenvalue weighted by atomic mass is 27.3. The third kappa shape index (κ3) is 5.34. The smallest absolute Gasteiger partial charge is 0.577 e.